The Morgan fingerprint density at radius 3 is 2.44 bits per heavy atom. The largest absolute Gasteiger partial charge is 0.478 e. The van der Waals surface area contributed by atoms with Crippen LogP contribution >= 0.6 is 0 Å². The zero-order valence-corrected chi connectivity index (χ0v) is 13.5. The van der Waals surface area contributed by atoms with Gasteiger partial charge in [0.25, 0.3) is 0 Å². The summed E-state index contributed by atoms with van der Waals surface area (Å²) in [7, 11) is 0. The minimum absolute atomic E-state index is 0.0683. The molecule has 4 nitrogen and oxygen atoms in total. The van der Waals surface area contributed by atoms with Gasteiger partial charge in [-0.3, -0.25) is 4.79 Å². The maximum Gasteiger partial charge on any atom is 0.337 e. The van der Waals surface area contributed by atoms with Crippen molar-refractivity contribution in [1.82, 2.24) is 0 Å². The van der Waals surface area contributed by atoms with Crippen molar-refractivity contribution >= 4 is 28.3 Å². The Morgan fingerprint density at radius 1 is 0.920 bits per heavy atom. The molecule has 0 saturated heterocycles. The number of fused-ring (bicyclic) bond motifs is 1. The molecule has 0 aliphatic carbocycles. The van der Waals surface area contributed by atoms with Gasteiger partial charge >= 0.3 is 5.97 Å². The highest BCUT2D eigenvalue weighted by atomic mass is 16.4. The minimum Gasteiger partial charge on any atom is -0.478 e. The first-order chi connectivity index (χ1) is 12.1. The molecule has 0 aliphatic rings. The van der Waals surface area contributed by atoms with Crippen LogP contribution in [0.2, 0.25) is 0 Å². The summed E-state index contributed by atoms with van der Waals surface area (Å²) < 4.78 is 0. The summed E-state index contributed by atoms with van der Waals surface area (Å²) in [5, 5.41) is 14.1. The molecule has 0 atom stereocenters. The average Bonchev–Trinajstić information content (AvgIpc) is 2.62. The summed E-state index contributed by atoms with van der Waals surface area (Å²) in [5.74, 6) is -1.43. The van der Waals surface area contributed by atoms with Gasteiger partial charge in [-0.25, -0.2) is 4.79 Å². The summed E-state index contributed by atoms with van der Waals surface area (Å²) in [4.78, 5) is 23.1. The highest BCUT2D eigenvalue weighted by Gasteiger charge is 2.09. The molecule has 4 heteroatoms. The van der Waals surface area contributed by atoms with Crippen LogP contribution < -0.4 is 5.32 Å². The lowest BCUT2D eigenvalue weighted by Gasteiger charge is -2.05. The van der Waals surface area contributed by atoms with Gasteiger partial charge in [-0.2, -0.15) is 0 Å². The van der Waals surface area contributed by atoms with Crippen LogP contribution in [0, 0.1) is 0 Å². The fourth-order valence-corrected chi connectivity index (χ4v) is 2.62. The van der Waals surface area contributed by atoms with E-state index in [1.165, 1.54) is 17.5 Å². The molecule has 0 radical (unpaired) electrons. The maximum atomic E-state index is 12.0. The molecule has 0 spiro atoms. The SMILES string of the molecule is O=C(C=CCc1ccc2ccccc2c1)Nc1ccccc1C(=O)O. The lowest BCUT2D eigenvalue weighted by Crippen LogP contribution is -2.11. The molecule has 2 N–H and O–H groups in total. The number of carboxylic acid groups (broad SMARTS) is 1. The molecule has 0 aliphatic heterocycles. The van der Waals surface area contributed by atoms with Gasteiger partial charge in [0.1, 0.15) is 0 Å². The number of hydrogen-bond acceptors (Lipinski definition) is 2. The fraction of sp³-hybridized carbons (Fsp3) is 0.0476. The normalized spacial score (nSPS) is 10.9. The van der Waals surface area contributed by atoms with E-state index in [1.807, 2.05) is 18.2 Å². The number of aromatic carboxylic acids is 1. The number of allylic oxidation sites excluding steroid dienone is 1. The zero-order valence-electron chi connectivity index (χ0n) is 13.5. The Kier molecular flexibility index (Phi) is 4.90. The Labute approximate surface area is 145 Å². The number of benzene rings is 3. The van der Waals surface area contributed by atoms with Crippen molar-refractivity contribution in [2.24, 2.45) is 0 Å². The van der Waals surface area contributed by atoms with Crippen molar-refractivity contribution in [1.29, 1.82) is 0 Å². The van der Waals surface area contributed by atoms with Crippen molar-refractivity contribution in [2.75, 3.05) is 5.32 Å². The maximum absolute atomic E-state index is 12.0. The van der Waals surface area contributed by atoms with Crippen molar-refractivity contribution in [3.8, 4) is 0 Å². The second-order valence-corrected chi connectivity index (χ2v) is 5.63. The fourth-order valence-electron chi connectivity index (χ4n) is 2.62. The van der Waals surface area contributed by atoms with Gasteiger partial charge in [0.2, 0.25) is 5.91 Å². The second-order valence-electron chi connectivity index (χ2n) is 5.63. The number of carbonyl (C=O) groups is 2. The third-order valence-corrected chi connectivity index (χ3v) is 3.85. The van der Waals surface area contributed by atoms with Crippen LogP contribution in [0.25, 0.3) is 10.8 Å². The number of carboxylic acids is 1. The smallest absolute Gasteiger partial charge is 0.337 e. The Balaban J connectivity index is 1.65. The molecule has 3 aromatic rings. The molecule has 0 fully saturated rings. The molecule has 25 heavy (non-hydrogen) atoms. The first-order valence-electron chi connectivity index (χ1n) is 7.91. The van der Waals surface area contributed by atoms with Crippen LogP contribution in [0.15, 0.2) is 78.9 Å². The van der Waals surface area contributed by atoms with Gasteiger partial charge in [0.05, 0.1) is 11.3 Å². The van der Waals surface area contributed by atoms with E-state index in [0.29, 0.717) is 6.42 Å². The highest BCUT2D eigenvalue weighted by molar-refractivity contribution is 6.04. The number of carbonyl (C=O) groups excluding carboxylic acids is 1. The van der Waals surface area contributed by atoms with Gasteiger partial charge in [0, 0.05) is 0 Å². The highest BCUT2D eigenvalue weighted by Crippen LogP contribution is 2.17. The molecule has 0 saturated carbocycles. The Bertz CT molecular complexity index is 960. The van der Waals surface area contributed by atoms with Crippen LogP contribution in [0.4, 0.5) is 5.69 Å². The summed E-state index contributed by atoms with van der Waals surface area (Å²) in [5.41, 5.74) is 1.46. The van der Waals surface area contributed by atoms with Crippen LogP contribution in [0.3, 0.4) is 0 Å². The third kappa shape index (κ3) is 4.12. The molecule has 0 heterocycles. The molecule has 0 aromatic heterocycles. The van der Waals surface area contributed by atoms with Crippen molar-refractivity contribution in [3.05, 3.63) is 90.0 Å². The monoisotopic (exact) mass is 331 g/mol. The van der Waals surface area contributed by atoms with E-state index >= 15 is 0 Å². The predicted molar refractivity (Wildman–Crippen MR) is 98.8 cm³/mol. The van der Waals surface area contributed by atoms with Gasteiger partial charge in [0.15, 0.2) is 0 Å². The average molecular weight is 331 g/mol. The Morgan fingerprint density at radius 2 is 1.64 bits per heavy atom. The van der Waals surface area contributed by atoms with E-state index in [-0.39, 0.29) is 17.2 Å². The molecule has 3 rings (SSSR count). The van der Waals surface area contributed by atoms with E-state index < -0.39 is 5.97 Å². The second kappa shape index (κ2) is 7.45. The molecule has 124 valence electrons. The van der Waals surface area contributed by atoms with Crippen LogP contribution in [-0.2, 0) is 11.2 Å². The number of nitrogens with one attached hydrogen (secondary N) is 1. The first kappa shape index (κ1) is 16.5. The summed E-state index contributed by atoms with van der Waals surface area (Å²) in [6, 6.07) is 20.6. The number of anilines is 1. The van der Waals surface area contributed by atoms with E-state index in [9.17, 15) is 9.59 Å². The molecule has 1 amide bonds. The van der Waals surface area contributed by atoms with E-state index in [1.54, 1.807) is 24.3 Å². The van der Waals surface area contributed by atoms with Gasteiger partial charge in [-0.15, -0.1) is 0 Å². The number of rotatable bonds is 5. The first-order valence-corrected chi connectivity index (χ1v) is 7.91. The quantitative estimate of drug-likeness (QED) is 0.686. The van der Waals surface area contributed by atoms with E-state index in [4.69, 9.17) is 5.11 Å². The molecule has 0 unspecified atom stereocenters. The van der Waals surface area contributed by atoms with Crippen molar-refractivity contribution in [2.45, 2.75) is 6.42 Å². The lowest BCUT2D eigenvalue weighted by molar-refractivity contribution is -0.111. The summed E-state index contributed by atoms with van der Waals surface area (Å²) in [6.07, 6.45) is 3.81. The minimum atomic E-state index is -1.07. The third-order valence-electron chi connectivity index (χ3n) is 3.85. The Hall–Kier alpha value is -3.40. The molecule has 3 aromatic carbocycles. The summed E-state index contributed by atoms with van der Waals surface area (Å²) >= 11 is 0. The predicted octanol–water partition coefficient (Wildman–Crippen LogP) is 4.28. The van der Waals surface area contributed by atoms with Crippen molar-refractivity contribution < 1.29 is 14.7 Å². The van der Waals surface area contributed by atoms with Gasteiger partial charge < -0.3 is 10.4 Å². The number of amides is 1. The topological polar surface area (TPSA) is 66.4 Å². The van der Waals surface area contributed by atoms with Gasteiger partial charge in [-0.1, -0.05) is 60.7 Å². The standard InChI is InChI=1S/C21H17NO3/c23-20(22-19-10-4-3-9-18(19)21(24)25)11-5-6-15-12-13-16-7-1-2-8-17(16)14-15/h1-5,7-14H,6H2,(H,22,23)(H,24,25). The van der Waals surface area contributed by atoms with E-state index in [2.05, 4.69) is 29.6 Å². The van der Waals surface area contributed by atoms with Crippen LogP contribution in [0.1, 0.15) is 15.9 Å². The van der Waals surface area contributed by atoms with Crippen molar-refractivity contribution in [3.63, 3.8) is 0 Å². The van der Waals surface area contributed by atoms with Gasteiger partial charge in [-0.05, 0) is 41.0 Å². The lowest BCUT2D eigenvalue weighted by atomic mass is 10.1. The van der Waals surface area contributed by atoms with Crippen LogP contribution in [-0.4, -0.2) is 17.0 Å². The summed E-state index contributed by atoms with van der Waals surface area (Å²) in [6.45, 7) is 0. The molecular weight excluding hydrogens is 314 g/mol. The molecular formula is C21H17NO3. The van der Waals surface area contributed by atoms with E-state index in [0.717, 1.165) is 10.9 Å². The molecule has 0 bridgehead atoms. The number of hydrogen-bond donors (Lipinski definition) is 2. The van der Waals surface area contributed by atoms with Crippen LogP contribution in [0.5, 0.6) is 0 Å². The zero-order chi connectivity index (χ0) is 17.6. The number of para-hydroxylation sites is 1.